The van der Waals surface area contributed by atoms with Gasteiger partial charge in [0.2, 0.25) is 5.91 Å². The molecule has 0 aromatic heterocycles. The number of likely N-dealkylation sites (N-methyl/N-ethyl adjacent to an activating group) is 1. The number of hydrogen-bond acceptors (Lipinski definition) is 4. The summed E-state index contributed by atoms with van der Waals surface area (Å²) >= 11 is 0. The Bertz CT molecular complexity index is 800. The Morgan fingerprint density at radius 2 is 1.92 bits per heavy atom. The zero-order valence-corrected chi connectivity index (χ0v) is 14.9. The molecule has 136 valence electrons. The molecule has 0 atom stereocenters. The van der Waals surface area contributed by atoms with Gasteiger partial charge in [0.1, 0.15) is 5.75 Å². The van der Waals surface area contributed by atoms with E-state index in [1.165, 1.54) is 17.0 Å². The van der Waals surface area contributed by atoms with Gasteiger partial charge in [0.05, 0.1) is 6.61 Å². The van der Waals surface area contributed by atoms with Crippen LogP contribution < -0.4 is 10.2 Å². The number of nitrogens with zero attached hydrogens (tertiary/aromatic N) is 1. The van der Waals surface area contributed by atoms with E-state index in [0.29, 0.717) is 30.0 Å². The maximum Gasteiger partial charge on any atom is 0.255 e. The van der Waals surface area contributed by atoms with Gasteiger partial charge < -0.3 is 20.1 Å². The van der Waals surface area contributed by atoms with E-state index in [-0.39, 0.29) is 17.6 Å². The summed E-state index contributed by atoms with van der Waals surface area (Å²) in [7, 11) is 3.23. The predicted octanol–water partition coefficient (Wildman–Crippen LogP) is 2.98. The van der Waals surface area contributed by atoms with Crippen molar-refractivity contribution in [2.24, 2.45) is 0 Å². The van der Waals surface area contributed by atoms with Gasteiger partial charge in [-0.1, -0.05) is 6.58 Å². The lowest BCUT2D eigenvalue weighted by Crippen LogP contribution is -2.23. The van der Waals surface area contributed by atoms with Gasteiger partial charge in [-0.05, 0) is 60.5 Å². The lowest BCUT2D eigenvalue weighted by atomic mass is 10.1. The largest absolute Gasteiger partial charge is 0.508 e. The third-order valence-corrected chi connectivity index (χ3v) is 3.93. The maximum atomic E-state index is 12.5. The van der Waals surface area contributed by atoms with E-state index >= 15 is 0 Å². The monoisotopic (exact) mass is 354 g/mol. The van der Waals surface area contributed by atoms with Gasteiger partial charge in [0.15, 0.2) is 0 Å². The second-order valence-corrected chi connectivity index (χ2v) is 5.69. The van der Waals surface area contributed by atoms with E-state index in [1.807, 2.05) is 0 Å². The second kappa shape index (κ2) is 8.82. The van der Waals surface area contributed by atoms with Crippen LogP contribution in [-0.2, 0) is 16.0 Å². The fourth-order valence-corrected chi connectivity index (χ4v) is 2.42. The molecule has 0 heterocycles. The highest BCUT2D eigenvalue weighted by molar-refractivity contribution is 6.05. The summed E-state index contributed by atoms with van der Waals surface area (Å²) < 4.78 is 5.06. The molecule has 6 nitrogen and oxygen atoms in total. The van der Waals surface area contributed by atoms with Crippen LogP contribution in [0.3, 0.4) is 0 Å². The van der Waals surface area contributed by atoms with E-state index in [0.717, 1.165) is 5.56 Å². The Balaban J connectivity index is 2.15. The van der Waals surface area contributed by atoms with Crippen molar-refractivity contribution in [2.75, 3.05) is 31.0 Å². The quantitative estimate of drug-likeness (QED) is 0.592. The summed E-state index contributed by atoms with van der Waals surface area (Å²) in [5.41, 5.74) is 2.52. The Morgan fingerprint density at radius 3 is 2.54 bits per heavy atom. The average Bonchev–Trinajstić information content (AvgIpc) is 2.66. The number of anilines is 2. The smallest absolute Gasteiger partial charge is 0.255 e. The first kappa shape index (κ1) is 19.2. The third-order valence-electron chi connectivity index (χ3n) is 3.93. The van der Waals surface area contributed by atoms with Gasteiger partial charge in [0.25, 0.3) is 5.91 Å². The van der Waals surface area contributed by atoms with E-state index in [2.05, 4.69) is 11.9 Å². The SMILES string of the molecule is C=CC(=O)N(C)c1ccc(C(=O)Nc2ccc(O)cc2CCOC)cc1. The van der Waals surface area contributed by atoms with Crippen LogP contribution in [0.5, 0.6) is 5.75 Å². The molecule has 2 aromatic rings. The number of methoxy groups -OCH3 is 1. The zero-order valence-electron chi connectivity index (χ0n) is 14.9. The van der Waals surface area contributed by atoms with Gasteiger partial charge in [0, 0.05) is 31.1 Å². The molecular formula is C20H22N2O4. The molecular weight excluding hydrogens is 332 g/mol. The van der Waals surface area contributed by atoms with Crippen LogP contribution in [0.15, 0.2) is 55.1 Å². The summed E-state index contributed by atoms with van der Waals surface area (Å²) in [6, 6.07) is 11.5. The van der Waals surface area contributed by atoms with Gasteiger partial charge in [-0.15, -0.1) is 0 Å². The van der Waals surface area contributed by atoms with Crippen LogP contribution in [0.2, 0.25) is 0 Å². The number of ether oxygens (including phenoxy) is 1. The lowest BCUT2D eigenvalue weighted by Gasteiger charge is -2.16. The summed E-state index contributed by atoms with van der Waals surface area (Å²) in [5, 5.41) is 12.5. The fourth-order valence-electron chi connectivity index (χ4n) is 2.42. The number of aromatic hydroxyl groups is 1. The highest BCUT2D eigenvalue weighted by atomic mass is 16.5. The molecule has 0 aliphatic rings. The minimum absolute atomic E-state index is 0.133. The number of benzene rings is 2. The van der Waals surface area contributed by atoms with Crippen LogP contribution in [0.1, 0.15) is 15.9 Å². The molecule has 0 bridgehead atoms. The van der Waals surface area contributed by atoms with Gasteiger partial charge in [-0.2, -0.15) is 0 Å². The lowest BCUT2D eigenvalue weighted by molar-refractivity contribution is -0.113. The molecule has 0 radical (unpaired) electrons. The predicted molar refractivity (Wildman–Crippen MR) is 102 cm³/mol. The Hall–Kier alpha value is -3.12. The van der Waals surface area contributed by atoms with Crippen LogP contribution in [0, 0.1) is 0 Å². The molecule has 0 spiro atoms. The number of carbonyl (C=O) groups is 2. The normalized spacial score (nSPS) is 10.2. The number of carbonyl (C=O) groups excluding carboxylic acids is 2. The molecule has 2 N–H and O–H groups in total. The van der Waals surface area contributed by atoms with Crippen molar-refractivity contribution in [3.8, 4) is 5.75 Å². The molecule has 2 aromatic carbocycles. The summed E-state index contributed by atoms with van der Waals surface area (Å²) in [4.78, 5) is 25.6. The third kappa shape index (κ3) is 4.70. The number of amides is 2. The maximum absolute atomic E-state index is 12.5. The number of rotatable bonds is 7. The molecule has 2 amide bonds. The topological polar surface area (TPSA) is 78.9 Å². The highest BCUT2D eigenvalue weighted by Gasteiger charge is 2.12. The van der Waals surface area contributed by atoms with Gasteiger partial charge >= 0.3 is 0 Å². The Morgan fingerprint density at radius 1 is 1.23 bits per heavy atom. The standard InChI is InChI=1S/C20H22N2O4/c1-4-19(24)22(2)16-7-5-14(6-8-16)20(25)21-18-10-9-17(23)13-15(18)11-12-26-3/h4-10,13,23H,1,11-12H2,2-3H3,(H,21,25). The van der Waals surface area contributed by atoms with E-state index in [9.17, 15) is 14.7 Å². The number of nitrogens with one attached hydrogen (secondary N) is 1. The van der Waals surface area contributed by atoms with E-state index in [4.69, 9.17) is 4.74 Å². The molecule has 0 aliphatic carbocycles. The Kier molecular flexibility index (Phi) is 6.52. The minimum Gasteiger partial charge on any atom is -0.508 e. The first-order chi connectivity index (χ1) is 12.5. The minimum atomic E-state index is -0.279. The van der Waals surface area contributed by atoms with Crippen molar-refractivity contribution in [2.45, 2.75) is 6.42 Å². The molecule has 0 unspecified atom stereocenters. The summed E-state index contributed by atoms with van der Waals surface area (Å²) in [6.45, 7) is 3.93. The molecule has 0 saturated carbocycles. The van der Waals surface area contributed by atoms with Crippen molar-refractivity contribution in [1.82, 2.24) is 0 Å². The molecule has 0 aliphatic heterocycles. The van der Waals surface area contributed by atoms with Crippen molar-refractivity contribution in [3.63, 3.8) is 0 Å². The van der Waals surface area contributed by atoms with Gasteiger partial charge in [-0.3, -0.25) is 9.59 Å². The molecule has 2 rings (SSSR count). The number of phenolic OH excluding ortho intramolecular Hbond substituents is 1. The van der Waals surface area contributed by atoms with Crippen LogP contribution >= 0.6 is 0 Å². The van der Waals surface area contributed by atoms with Crippen molar-refractivity contribution in [1.29, 1.82) is 0 Å². The van der Waals surface area contributed by atoms with Gasteiger partial charge in [-0.25, -0.2) is 0 Å². The number of hydrogen-bond donors (Lipinski definition) is 2. The zero-order chi connectivity index (χ0) is 19.1. The van der Waals surface area contributed by atoms with Crippen LogP contribution in [0.4, 0.5) is 11.4 Å². The molecule has 6 heteroatoms. The van der Waals surface area contributed by atoms with Crippen molar-refractivity contribution < 1.29 is 19.4 Å². The molecule has 0 fully saturated rings. The Labute approximate surface area is 152 Å². The van der Waals surface area contributed by atoms with Crippen LogP contribution in [0.25, 0.3) is 0 Å². The molecule has 0 saturated heterocycles. The summed E-state index contributed by atoms with van der Waals surface area (Å²) in [5.74, 6) is -0.374. The first-order valence-electron chi connectivity index (χ1n) is 8.08. The van der Waals surface area contributed by atoms with E-state index in [1.54, 1.807) is 50.6 Å². The average molecular weight is 354 g/mol. The highest BCUT2D eigenvalue weighted by Crippen LogP contribution is 2.23. The summed E-state index contributed by atoms with van der Waals surface area (Å²) in [6.07, 6.45) is 1.79. The van der Waals surface area contributed by atoms with Crippen molar-refractivity contribution >= 4 is 23.2 Å². The van der Waals surface area contributed by atoms with Crippen LogP contribution in [-0.4, -0.2) is 37.7 Å². The second-order valence-electron chi connectivity index (χ2n) is 5.69. The number of phenols is 1. The fraction of sp³-hybridized carbons (Fsp3) is 0.200. The van der Waals surface area contributed by atoms with Crippen molar-refractivity contribution in [3.05, 3.63) is 66.2 Å². The van der Waals surface area contributed by atoms with E-state index < -0.39 is 0 Å². The molecule has 26 heavy (non-hydrogen) atoms. The first-order valence-corrected chi connectivity index (χ1v) is 8.08.